The van der Waals surface area contributed by atoms with Gasteiger partial charge in [0.15, 0.2) is 5.16 Å². The summed E-state index contributed by atoms with van der Waals surface area (Å²) in [5.41, 5.74) is -0.140. The summed E-state index contributed by atoms with van der Waals surface area (Å²) < 4.78 is 2.25. The molecule has 0 radical (unpaired) electrons. The summed E-state index contributed by atoms with van der Waals surface area (Å²) in [4.78, 5) is 23.4. The Morgan fingerprint density at radius 3 is 2.80 bits per heavy atom. The van der Waals surface area contributed by atoms with Crippen LogP contribution in [0, 0.1) is 0 Å². The summed E-state index contributed by atoms with van der Waals surface area (Å²) in [6, 6.07) is 4.80. The van der Waals surface area contributed by atoms with Crippen LogP contribution in [0.2, 0.25) is 0 Å². The van der Waals surface area contributed by atoms with Crippen molar-refractivity contribution in [2.75, 3.05) is 0 Å². The number of H-pyrrole nitrogens is 1. The van der Waals surface area contributed by atoms with Crippen LogP contribution in [0.3, 0.4) is 0 Å². The first-order valence-corrected chi connectivity index (χ1v) is 7.38. The quantitative estimate of drug-likeness (QED) is 0.878. The predicted octanol–water partition coefficient (Wildman–Crippen LogP) is 2.76. The van der Waals surface area contributed by atoms with Crippen LogP contribution < -0.4 is 5.69 Å². The van der Waals surface area contributed by atoms with E-state index in [2.05, 4.69) is 26.1 Å². The molecule has 0 saturated carbocycles. The Labute approximate surface area is 127 Å². The number of aromatic nitrogens is 3. The van der Waals surface area contributed by atoms with E-state index in [0.717, 1.165) is 16.2 Å². The highest BCUT2D eigenvalue weighted by atomic mass is 79.9. The van der Waals surface area contributed by atoms with Crippen molar-refractivity contribution in [3.63, 3.8) is 0 Å². The number of nitrogens with zero attached hydrogens (tertiary/aromatic N) is 2. The highest BCUT2D eigenvalue weighted by Gasteiger charge is 2.17. The van der Waals surface area contributed by atoms with Crippen LogP contribution in [-0.4, -0.2) is 25.8 Å². The SMILES string of the molecule is CC(C)n1c(Sc2cc(Br)ccc2C(=O)O)n[nH]c1=O. The molecule has 2 N–H and O–H groups in total. The Kier molecular flexibility index (Phi) is 4.34. The summed E-state index contributed by atoms with van der Waals surface area (Å²) in [6.45, 7) is 3.72. The molecule has 0 aliphatic carbocycles. The summed E-state index contributed by atoms with van der Waals surface area (Å²) in [7, 11) is 0. The van der Waals surface area contributed by atoms with Gasteiger partial charge in [-0.05, 0) is 43.8 Å². The van der Waals surface area contributed by atoms with Crippen LogP contribution in [0.5, 0.6) is 0 Å². The number of carboxylic acids is 1. The molecule has 1 aromatic heterocycles. The Balaban J connectivity index is 2.47. The second kappa shape index (κ2) is 5.84. The van der Waals surface area contributed by atoms with E-state index in [-0.39, 0.29) is 17.3 Å². The topological polar surface area (TPSA) is 88.0 Å². The minimum Gasteiger partial charge on any atom is -0.478 e. The van der Waals surface area contributed by atoms with Crippen LogP contribution in [0.1, 0.15) is 30.2 Å². The molecule has 6 nitrogen and oxygen atoms in total. The monoisotopic (exact) mass is 357 g/mol. The second-order valence-corrected chi connectivity index (χ2v) is 6.25. The summed E-state index contributed by atoms with van der Waals surface area (Å²) in [6.07, 6.45) is 0. The van der Waals surface area contributed by atoms with Gasteiger partial charge in [-0.1, -0.05) is 15.9 Å². The van der Waals surface area contributed by atoms with Gasteiger partial charge in [0, 0.05) is 15.4 Å². The molecule has 0 aliphatic heterocycles. The molecular formula is C12H12BrN3O3S. The van der Waals surface area contributed by atoms with Crippen LogP contribution in [0.25, 0.3) is 0 Å². The van der Waals surface area contributed by atoms with Crippen molar-refractivity contribution >= 4 is 33.7 Å². The van der Waals surface area contributed by atoms with E-state index in [4.69, 9.17) is 0 Å². The number of hydrogen-bond acceptors (Lipinski definition) is 4. The van der Waals surface area contributed by atoms with Crippen LogP contribution in [-0.2, 0) is 0 Å². The summed E-state index contributed by atoms with van der Waals surface area (Å²) >= 11 is 4.45. The fourth-order valence-electron chi connectivity index (χ4n) is 1.67. The van der Waals surface area contributed by atoms with Gasteiger partial charge in [-0.2, -0.15) is 0 Å². The number of carbonyl (C=O) groups is 1. The van der Waals surface area contributed by atoms with E-state index in [1.54, 1.807) is 12.1 Å². The lowest BCUT2D eigenvalue weighted by molar-refractivity contribution is 0.0693. The van der Waals surface area contributed by atoms with Crippen LogP contribution in [0.4, 0.5) is 0 Å². The number of benzene rings is 1. The number of nitrogens with one attached hydrogen (secondary N) is 1. The molecule has 1 aromatic carbocycles. The average Bonchev–Trinajstić information content (AvgIpc) is 2.70. The number of aromatic carboxylic acids is 1. The maximum Gasteiger partial charge on any atom is 0.344 e. The van der Waals surface area contributed by atoms with E-state index in [9.17, 15) is 14.7 Å². The fourth-order valence-corrected chi connectivity index (χ4v) is 3.32. The molecule has 0 unspecified atom stereocenters. The third kappa shape index (κ3) is 2.96. The first-order chi connectivity index (χ1) is 9.40. The van der Waals surface area contributed by atoms with Gasteiger partial charge in [-0.3, -0.25) is 4.57 Å². The van der Waals surface area contributed by atoms with Crippen molar-refractivity contribution < 1.29 is 9.90 Å². The largest absolute Gasteiger partial charge is 0.478 e. The molecule has 20 heavy (non-hydrogen) atoms. The Bertz CT molecular complexity index is 708. The van der Waals surface area contributed by atoms with Crippen LogP contribution >= 0.6 is 27.7 Å². The van der Waals surface area contributed by atoms with Gasteiger partial charge in [0.05, 0.1) is 5.56 Å². The number of aromatic amines is 1. The molecule has 2 rings (SSSR count). The molecule has 0 fully saturated rings. The van der Waals surface area contributed by atoms with Crippen molar-refractivity contribution in [1.29, 1.82) is 0 Å². The Morgan fingerprint density at radius 1 is 1.50 bits per heavy atom. The number of carboxylic acid groups (broad SMARTS) is 1. The second-order valence-electron chi connectivity index (χ2n) is 4.32. The van der Waals surface area contributed by atoms with Gasteiger partial charge in [-0.15, -0.1) is 5.10 Å². The van der Waals surface area contributed by atoms with E-state index >= 15 is 0 Å². The Hall–Kier alpha value is -1.54. The molecule has 0 saturated heterocycles. The molecule has 8 heteroatoms. The molecular weight excluding hydrogens is 346 g/mol. The molecule has 2 aromatic rings. The van der Waals surface area contributed by atoms with Crippen molar-refractivity contribution in [2.45, 2.75) is 29.9 Å². The first-order valence-electron chi connectivity index (χ1n) is 5.77. The van der Waals surface area contributed by atoms with E-state index in [1.165, 1.54) is 10.6 Å². The van der Waals surface area contributed by atoms with Gasteiger partial charge in [0.1, 0.15) is 0 Å². The lowest BCUT2D eigenvalue weighted by atomic mass is 10.2. The smallest absolute Gasteiger partial charge is 0.344 e. The van der Waals surface area contributed by atoms with E-state index in [1.807, 2.05) is 13.8 Å². The zero-order valence-electron chi connectivity index (χ0n) is 10.8. The third-order valence-corrected chi connectivity index (χ3v) is 4.09. The molecule has 1 heterocycles. The van der Waals surface area contributed by atoms with E-state index in [0.29, 0.717) is 10.1 Å². The zero-order chi connectivity index (χ0) is 14.9. The molecule has 106 valence electrons. The van der Waals surface area contributed by atoms with Crippen molar-refractivity contribution in [3.8, 4) is 0 Å². The van der Waals surface area contributed by atoms with Gasteiger partial charge in [0.25, 0.3) is 0 Å². The minimum absolute atomic E-state index is 0.0656. The van der Waals surface area contributed by atoms with Crippen molar-refractivity contribution in [3.05, 3.63) is 38.7 Å². The molecule has 0 aliphatic rings. The van der Waals surface area contributed by atoms with Gasteiger partial charge >= 0.3 is 11.7 Å². The number of rotatable bonds is 4. The molecule has 0 bridgehead atoms. The van der Waals surface area contributed by atoms with Crippen molar-refractivity contribution in [1.82, 2.24) is 14.8 Å². The predicted molar refractivity (Wildman–Crippen MR) is 78.5 cm³/mol. The van der Waals surface area contributed by atoms with Crippen LogP contribution in [0.15, 0.2) is 37.5 Å². The summed E-state index contributed by atoms with van der Waals surface area (Å²) in [5, 5.41) is 16.0. The lowest BCUT2D eigenvalue weighted by Gasteiger charge is -2.10. The molecule has 0 spiro atoms. The maximum absolute atomic E-state index is 11.7. The van der Waals surface area contributed by atoms with Gasteiger partial charge in [-0.25, -0.2) is 14.7 Å². The highest BCUT2D eigenvalue weighted by Crippen LogP contribution is 2.31. The Morgan fingerprint density at radius 2 is 2.20 bits per heavy atom. The average molecular weight is 358 g/mol. The first kappa shape index (κ1) is 14.9. The highest BCUT2D eigenvalue weighted by molar-refractivity contribution is 9.10. The van der Waals surface area contributed by atoms with Gasteiger partial charge < -0.3 is 5.11 Å². The minimum atomic E-state index is -1.02. The number of hydrogen-bond donors (Lipinski definition) is 2. The zero-order valence-corrected chi connectivity index (χ0v) is 13.2. The fraction of sp³-hybridized carbons (Fsp3) is 0.250. The lowest BCUT2D eigenvalue weighted by Crippen LogP contribution is -2.19. The molecule has 0 atom stereocenters. The standard InChI is InChI=1S/C12H12BrN3O3S/c1-6(2)16-11(19)14-15-12(16)20-9-5-7(13)3-4-8(9)10(17)18/h3-6H,1-2H3,(H,14,19)(H,17,18). The number of halogens is 1. The summed E-state index contributed by atoms with van der Waals surface area (Å²) in [5.74, 6) is -1.02. The van der Waals surface area contributed by atoms with Gasteiger partial charge in [0.2, 0.25) is 0 Å². The van der Waals surface area contributed by atoms with Crippen molar-refractivity contribution in [2.24, 2.45) is 0 Å². The maximum atomic E-state index is 11.7. The third-order valence-electron chi connectivity index (χ3n) is 2.56. The molecule has 0 amide bonds. The normalized spacial score (nSPS) is 11.0. The van der Waals surface area contributed by atoms with E-state index < -0.39 is 5.97 Å².